The van der Waals surface area contributed by atoms with Crippen molar-refractivity contribution >= 4 is 37.6 Å². The van der Waals surface area contributed by atoms with Crippen LogP contribution in [-0.2, 0) is 0 Å². The van der Waals surface area contributed by atoms with Crippen molar-refractivity contribution in [3.8, 4) is 11.3 Å². The lowest BCUT2D eigenvalue weighted by Crippen LogP contribution is -2.08. The number of ketones is 1. The van der Waals surface area contributed by atoms with Gasteiger partial charge in [-0.3, -0.25) is 4.79 Å². The zero-order valence-corrected chi connectivity index (χ0v) is 12.3. The molecule has 1 unspecified atom stereocenters. The highest BCUT2D eigenvalue weighted by Gasteiger charge is 2.16. The number of benzene rings is 1. The maximum Gasteiger partial charge on any atom is 0.211 e. The number of hydrogen-bond acceptors (Lipinski definition) is 2. The molecular weight excluding hydrogens is 348 g/mol. The van der Waals surface area contributed by atoms with E-state index in [4.69, 9.17) is 4.42 Å². The van der Waals surface area contributed by atoms with Gasteiger partial charge < -0.3 is 4.42 Å². The monoisotopic (exact) mass is 356 g/mol. The Labute approximate surface area is 116 Å². The Hall–Kier alpha value is -0.870. The first-order valence-corrected chi connectivity index (χ1v) is 6.83. The number of alkyl halides is 1. The largest absolute Gasteiger partial charge is 0.453 e. The van der Waals surface area contributed by atoms with Crippen molar-refractivity contribution in [3.63, 3.8) is 0 Å². The summed E-state index contributed by atoms with van der Waals surface area (Å²) in [7, 11) is 0. The van der Waals surface area contributed by atoms with Gasteiger partial charge in [-0.25, -0.2) is 0 Å². The molecule has 17 heavy (non-hydrogen) atoms. The van der Waals surface area contributed by atoms with Gasteiger partial charge in [-0.15, -0.1) is 0 Å². The molecule has 2 aromatic rings. The SMILES string of the molecule is CC(Br)C(=O)c1ccc(-c2ccc(Br)cc2)o1. The van der Waals surface area contributed by atoms with Crippen molar-refractivity contribution in [1.82, 2.24) is 0 Å². The average molecular weight is 358 g/mol. The van der Waals surface area contributed by atoms with E-state index < -0.39 is 0 Å². The Morgan fingerprint density at radius 1 is 1.18 bits per heavy atom. The molecule has 2 nitrogen and oxygen atoms in total. The Bertz CT molecular complexity index is 527. The third kappa shape index (κ3) is 2.87. The second-order valence-electron chi connectivity index (χ2n) is 3.65. The number of hydrogen-bond donors (Lipinski definition) is 0. The van der Waals surface area contributed by atoms with Gasteiger partial charge in [0.25, 0.3) is 0 Å². The van der Waals surface area contributed by atoms with Crippen LogP contribution < -0.4 is 0 Å². The predicted octanol–water partition coefficient (Wildman–Crippen LogP) is 4.68. The number of halogens is 2. The molecule has 1 atom stereocenters. The van der Waals surface area contributed by atoms with Crippen molar-refractivity contribution in [3.05, 3.63) is 46.6 Å². The van der Waals surface area contributed by atoms with Crippen LogP contribution in [-0.4, -0.2) is 10.6 Å². The summed E-state index contributed by atoms with van der Waals surface area (Å²) in [6.07, 6.45) is 0. The van der Waals surface area contributed by atoms with Crippen molar-refractivity contribution < 1.29 is 9.21 Å². The van der Waals surface area contributed by atoms with E-state index in [0.717, 1.165) is 10.0 Å². The number of furan rings is 1. The molecule has 0 spiro atoms. The summed E-state index contributed by atoms with van der Waals surface area (Å²) in [5.41, 5.74) is 0.953. The van der Waals surface area contributed by atoms with Gasteiger partial charge in [0.2, 0.25) is 5.78 Å². The van der Waals surface area contributed by atoms with E-state index in [1.165, 1.54) is 0 Å². The van der Waals surface area contributed by atoms with Gasteiger partial charge in [0.05, 0.1) is 4.83 Å². The molecule has 1 heterocycles. The molecule has 0 aliphatic carbocycles. The molecule has 0 amide bonds. The van der Waals surface area contributed by atoms with Gasteiger partial charge in [-0.05, 0) is 31.2 Å². The van der Waals surface area contributed by atoms with Crippen LogP contribution in [0.4, 0.5) is 0 Å². The summed E-state index contributed by atoms with van der Waals surface area (Å²) in [5, 5.41) is 0. The summed E-state index contributed by atoms with van der Waals surface area (Å²) in [6, 6.07) is 11.3. The van der Waals surface area contributed by atoms with Crippen LogP contribution in [0.25, 0.3) is 11.3 Å². The van der Waals surface area contributed by atoms with Crippen molar-refractivity contribution in [2.45, 2.75) is 11.8 Å². The van der Waals surface area contributed by atoms with E-state index in [2.05, 4.69) is 31.9 Å². The molecule has 0 saturated heterocycles. The van der Waals surface area contributed by atoms with E-state index in [9.17, 15) is 4.79 Å². The summed E-state index contributed by atoms with van der Waals surface area (Å²) in [4.78, 5) is 11.5. The minimum absolute atomic E-state index is 0.0478. The molecule has 0 N–H and O–H groups in total. The molecule has 0 aliphatic rings. The second kappa shape index (κ2) is 5.19. The maximum atomic E-state index is 11.7. The quantitative estimate of drug-likeness (QED) is 0.590. The molecule has 0 saturated carbocycles. The van der Waals surface area contributed by atoms with E-state index in [1.54, 1.807) is 13.0 Å². The van der Waals surface area contributed by atoms with Gasteiger partial charge in [0, 0.05) is 10.0 Å². The molecule has 4 heteroatoms. The Morgan fingerprint density at radius 3 is 2.41 bits per heavy atom. The molecule has 0 radical (unpaired) electrons. The Kier molecular flexibility index (Phi) is 3.84. The minimum Gasteiger partial charge on any atom is -0.453 e. The zero-order valence-electron chi connectivity index (χ0n) is 9.11. The highest BCUT2D eigenvalue weighted by Crippen LogP contribution is 2.25. The molecule has 0 bridgehead atoms. The fraction of sp³-hybridized carbons (Fsp3) is 0.154. The van der Waals surface area contributed by atoms with Gasteiger partial charge in [0.15, 0.2) is 5.76 Å². The highest BCUT2D eigenvalue weighted by atomic mass is 79.9. The van der Waals surface area contributed by atoms with Crippen LogP contribution in [0.2, 0.25) is 0 Å². The molecule has 1 aromatic heterocycles. The van der Waals surface area contributed by atoms with Gasteiger partial charge in [-0.1, -0.05) is 44.0 Å². The Morgan fingerprint density at radius 2 is 1.82 bits per heavy atom. The number of Topliss-reactive ketones (excluding diaryl/α,β-unsaturated/α-hetero) is 1. The van der Waals surface area contributed by atoms with E-state index in [0.29, 0.717) is 11.5 Å². The standard InChI is InChI=1S/C13H10Br2O2/c1-8(14)13(16)12-7-6-11(17-12)9-2-4-10(15)5-3-9/h2-8H,1H3. The number of carbonyl (C=O) groups is 1. The van der Waals surface area contributed by atoms with Crippen molar-refractivity contribution in [2.24, 2.45) is 0 Å². The molecule has 88 valence electrons. The first kappa shape index (κ1) is 12.6. The molecule has 0 aliphatic heterocycles. The first-order chi connectivity index (χ1) is 8.08. The zero-order chi connectivity index (χ0) is 12.4. The third-order valence-corrected chi connectivity index (χ3v) is 3.28. The van der Waals surface area contributed by atoms with Crippen LogP contribution in [0.1, 0.15) is 17.5 Å². The normalized spacial score (nSPS) is 12.4. The van der Waals surface area contributed by atoms with E-state index in [-0.39, 0.29) is 10.6 Å². The van der Waals surface area contributed by atoms with Crippen LogP contribution in [0.5, 0.6) is 0 Å². The molecular formula is C13H10Br2O2. The number of rotatable bonds is 3. The maximum absolute atomic E-state index is 11.7. The molecule has 2 rings (SSSR count). The first-order valence-electron chi connectivity index (χ1n) is 5.12. The molecule has 1 aromatic carbocycles. The fourth-order valence-electron chi connectivity index (χ4n) is 1.44. The average Bonchev–Trinajstić information content (AvgIpc) is 2.78. The van der Waals surface area contributed by atoms with E-state index in [1.807, 2.05) is 30.3 Å². The van der Waals surface area contributed by atoms with Gasteiger partial charge in [-0.2, -0.15) is 0 Å². The fourth-order valence-corrected chi connectivity index (χ4v) is 1.93. The number of carbonyl (C=O) groups excluding carboxylic acids is 1. The Balaban J connectivity index is 2.30. The summed E-state index contributed by atoms with van der Waals surface area (Å²) in [5.74, 6) is 1.04. The van der Waals surface area contributed by atoms with Crippen molar-refractivity contribution in [2.75, 3.05) is 0 Å². The summed E-state index contributed by atoms with van der Waals surface area (Å²) >= 11 is 6.61. The lowest BCUT2D eigenvalue weighted by Gasteiger charge is -1.99. The summed E-state index contributed by atoms with van der Waals surface area (Å²) in [6.45, 7) is 1.78. The summed E-state index contributed by atoms with van der Waals surface area (Å²) < 4.78 is 6.55. The van der Waals surface area contributed by atoms with Crippen LogP contribution in [0.3, 0.4) is 0 Å². The predicted molar refractivity (Wildman–Crippen MR) is 74.6 cm³/mol. The van der Waals surface area contributed by atoms with Crippen LogP contribution in [0.15, 0.2) is 45.3 Å². The van der Waals surface area contributed by atoms with E-state index >= 15 is 0 Å². The van der Waals surface area contributed by atoms with Crippen LogP contribution >= 0.6 is 31.9 Å². The topological polar surface area (TPSA) is 30.2 Å². The smallest absolute Gasteiger partial charge is 0.211 e. The van der Waals surface area contributed by atoms with Crippen molar-refractivity contribution in [1.29, 1.82) is 0 Å². The van der Waals surface area contributed by atoms with Gasteiger partial charge in [0.1, 0.15) is 5.76 Å². The highest BCUT2D eigenvalue weighted by molar-refractivity contribution is 9.10. The lowest BCUT2D eigenvalue weighted by molar-refractivity contribution is 0.0970. The second-order valence-corrected chi connectivity index (χ2v) is 5.94. The third-order valence-electron chi connectivity index (χ3n) is 2.34. The minimum atomic E-state index is -0.230. The lowest BCUT2D eigenvalue weighted by atomic mass is 10.2. The molecule has 0 fully saturated rings. The van der Waals surface area contributed by atoms with Gasteiger partial charge >= 0.3 is 0 Å². The van der Waals surface area contributed by atoms with Crippen LogP contribution in [0, 0.1) is 0 Å².